The molecule has 7 heteroatoms. The molecular weight excluding hydrogens is 338 g/mol. The average Bonchev–Trinajstić information content (AvgIpc) is 3.28. The van der Waals surface area contributed by atoms with Crippen molar-refractivity contribution in [3.63, 3.8) is 0 Å². The van der Waals surface area contributed by atoms with Crippen molar-refractivity contribution in [2.75, 3.05) is 5.32 Å². The zero-order valence-corrected chi connectivity index (χ0v) is 15.7. The summed E-state index contributed by atoms with van der Waals surface area (Å²) < 4.78 is 25.5. The van der Waals surface area contributed by atoms with Gasteiger partial charge in [0.2, 0.25) is 10.0 Å². The maximum absolute atomic E-state index is 12.8. The quantitative estimate of drug-likeness (QED) is 0.876. The van der Waals surface area contributed by atoms with Crippen LogP contribution in [0, 0.1) is 27.7 Å². The number of amides is 1. The summed E-state index contributed by atoms with van der Waals surface area (Å²) in [5, 5.41) is 8.08. The lowest BCUT2D eigenvalue weighted by molar-refractivity contribution is 0.102. The van der Waals surface area contributed by atoms with Gasteiger partial charge in [-0.3, -0.25) is 4.79 Å². The molecule has 1 aliphatic carbocycles. The van der Waals surface area contributed by atoms with Crippen molar-refractivity contribution >= 4 is 21.6 Å². The van der Waals surface area contributed by atoms with Crippen LogP contribution < -0.4 is 10.5 Å². The Balaban J connectivity index is 1.96. The van der Waals surface area contributed by atoms with Crippen LogP contribution in [0.3, 0.4) is 0 Å². The highest BCUT2D eigenvalue weighted by Gasteiger charge is 2.28. The van der Waals surface area contributed by atoms with Crippen LogP contribution in [0.15, 0.2) is 23.1 Å². The molecule has 1 aromatic carbocycles. The van der Waals surface area contributed by atoms with Gasteiger partial charge in [-0.25, -0.2) is 13.6 Å². The van der Waals surface area contributed by atoms with Crippen molar-refractivity contribution < 1.29 is 13.2 Å². The van der Waals surface area contributed by atoms with Crippen molar-refractivity contribution in [1.82, 2.24) is 4.57 Å². The molecule has 134 valence electrons. The summed E-state index contributed by atoms with van der Waals surface area (Å²) in [7, 11) is -3.83. The van der Waals surface area contributed by atoms with Gasteiger partial charge in [0, 0.05) is 23.1 Å². The SMILES string of the molecule is Cc1cc(S(N)(=O)=O)cc(NC(=O)c2cc(C)n(C3CC3)c2C)c1C. The fourth-order valence-electron chi connectivity index (χ4n) is 3.21. The molecule has 0 atom stereocenters. The molecule has 3 N–H and O–H groups in total. The van der Waals surface area contributed by atoms with Crippen molar-refractivity contribution in [3.8, 4) is 0 Å². The molecule has 1 fully saturated rings. The number of rotatable bonds is 4. The van der Waals surface area contributed by atoms with Crippen molar-refractivity contribution in [2.45, 2.75) is 51.5 Å². The van der Waals surface area contributed by atoms with Gasteiger partial charge in [0.25, 0.3) is 5.91 Å². The number of benzene rings is 1. The van der Waals surface area contributed by atoms with Crippen LogP contribution >= 0.6 is 0 Å². The van der Waals surface area contributed by atoms with Crippen LogP contribution in [0.5, 0.6) is 0 Å². The highest BCUT2D eigenvalue weighted by atomic mass is 32.2. The number of carbonyl (C=O) groups excluding carboxylic acids is 1. The number of aryl methyl sites for hydroxylation is 2. The Kier molecular flexibility index (Phi) is 4.25. The summed E-state index contributed by atoms with van der Waals surface area (Å²) >= 11 is 0. The first-order valence-corrected chi connectivity index (χ1v) is 9.78. The lowest BCUT2D eigenvalue weighted by atomic mass is 10.1. The zero-order chi connectivity index (χ0) is 18.5. The van der Waals surface area contributed by atoms with Crippen LogP contribution in [0.2, 0.25) is 0 Å². The van der Waals surface area contributed by atoms with E-state index in [1.807, 2.05) is 26.8 Å². The molecule has 1 saturated carbocycles. The van der Waals surface area contributed by atoms with Crippen molar-refractivity contribution in [3.05, 3.63) is 46.3 Å². The summed E-state index contributed by atoms with van der Waals surface area (Å²) in [6, 6.07) is 5.31. The Morgan fingerprint density at radius 1 is 1.16 bits per heavy atom. The van der Waals surface area contributed by atoms with Crippen LogP contribution in [-0.4, -0.2) is 18.9 Å². The Bertz CT molecular complexity index is 970. The maximum Gasteiger partial charge on any atom is 0.257 e. The summed E-state index contributed by atoms with van der Waals surface area (Å²) in [4.78, 5) is 12.8. The smallest absolute Gasteiger partial charge is 0.257 e. The van der Waals surface area contributed by atoms with Gasteiger partial charge in [-0.05, 0) is 69.9 Å². The molecule has 0 bridgehead atoms. The number of nitrogens with zero attached hydrogens (tertiary/aromatic N) is 1. The van der Waals surface area contributed by atoms with E-state index in [1.165, 1.54) is 12.1 Å². The van der Waals surface area contributed by atoms with Crippen molar-refractivity contribution in [1.29, 1.82) is 0 Å². The third-order valence-electron chi connectivity index (χ3n) is 4.86. The molecule has 0 unspecified atom stereocenters. The molecule has 2 aromatic rings. The molecule has 3 rings (SSSR count). The number of hydrogen-bond acceptors (Lipinski definition) is 3. The minimum atomic E-state index is -3.83. The Morgan fingerprint density at radius 3 is 2.36 bits per heavy atom. The molecule has 1 amide bonds. The van der Waals surface area contributed by atoms with Crippen LogP contribution in [0.4, 0.5) is 5.69 Å². The van der Waals surface area contributed by atoms with Crippen LogP contribution in [0.1, 0.15) is 51.8 Å². The van der Waals surface area contributed by atoms with Crippen LogP contribution in [-0.2, 0) is 10.0 Å². The number of hydrogen-bond donors (Lipinski definition) is 2. The first-order valence-electron chi connectivity index (χ1n) is 8.23. The van der Waals surface area contributed by atoms with E-state index in [1.54, 1.807) is 6.92 Å². The number of nitrogens with two attached hydrogens (primary N) is 1. The van der Waals surface area contributed by atoms with Gasteiger partial charge in [0.1, 0.15) is 0 Å². The first-order chi connectivity index (χ1) is 11.6. The van der Waals surface area contributed by atoms with Gasteiger partial charge in [-0.1, -0.05) is 0 Å². The van der Waals surface area contributed by atoms with E-state index in [-0.39, 0.29) is 10.8 Å². The fourth-order valence-corrected chi connectivity index (χ4v) is 3.83. The average molecular weight is 361 g/mol. The lowest BCUT2D eigenvalue weighted by Gasteiger charge is -2.13. The molecule has 1 heterocycles. The molecule has 1 aromatic heterocycles. The topological polar surface area (TPSA) is 94.2 Å². The van der Waals surface area contributed by atoms with E-state index < -0.39 is 10.0 Å². The van der Waals surface area contributed by atoms with Gasteiger partial charge in [0.15, 0.2) is 0 Å². The largest absolute Gasteiger partial charge is 0.345 e. The highest BCUT2D eigenvalue weighted by molar-refractivity contribution is 7.89. The molecule has 0 aliphatic heterocycles. The number of carbonyl (C=O) groups is 1. The second kappa shape index (κ2) is 6.00. The number of sulfonamides is 1. The van der Waals surface area contributed by atoms with E-state index in [2.05, 4.69) is 9.88 Å². The predicted molar refractivity (Wildman–Crippen MR) is 97.4 cm³/mol. The van der Waals surface area contributed by atoms with Gasteiger partial charge in [0.05, 0.1) is 10.5 Å². The van der Waals surface area contributed by atoms with Crippen molar-refractivity contribution in [2.24, 2.45) is 5.14 Å². The van der Waals surface area contributed by atoms with E-state index >= 15 is 0 Å². The molecule has 0 spiro atoms. The van der Waals surface area contributed by atoms with E-state index in [9.17, 15) is 13.2 Å². The molecule has 6 nitrogen and oxygen atoms in total. The van der Waals surface area contributed by atoms with Gasteiger partial charge in [-0.15, -0.1) is 0 Å². The highest BCUT2D eigenvalue weighted by Crippen LogP contribution is 2.38. The minimum Gasteiger partial charge on any atom is -0.345 e. The third-order valence-corrected chi connectivity index (χ3v) is 5.75. The normalized spacial score (nSPS) is 14.6. The number of anilines is 1. The fraction of sp³-hybridized carbons (Fsp3) is 0.389. The van der Waals surface area contributed by atoms with E-state index in [0.29, 0.717) is 17.3 Å². The second-order valence-corrected chi connectivity index (χ2v) is 8.36. The summed E-state index contributed by atoms with van der Waals surface area (Å²) in [6.07, 6.45) is 2.29. The Hall–Kier alpha value is -2.12. The zero-order valence-electron chi connectivity index (χ0n) is 14.9. The minimum absolute atomic E-state index is 0.00523. The van der Waals surface area contributed by atoms with Gasteiger partial charge in [-0.2, -0.15) is 0 Å². The summed E-state index contributed by atoms with van der Waals surface area (Å²) in [6.45, 7) is 7.57. The molecule has 0 radical (unpaired) electrons. The summed E-state index contributed by atoms with van der Waals surface area (Å²) in [5.41, 5.74) is 4.65. The monoisotopic (exact) mass is 361 g/mol. The Labute approximate surface area is 148 Å². The second-order valence-electron chi connectivity index (χ2n) is 6.80. The lowest BCUT2D eigenvalue weighted by Crippen LogP contribution is -2.17. The van der Waals surface area contributed by atoms with E-state index in [0.717, 1.165) is 35.4 Å². The standard InChI is InChI=1S/C18H23N3O3S/c1-10-7-15(25(19,23)24)9-17(12(10)3)20-18(22)16-8-11(2)21(13(16)4)14-5-6-14/h7-9,14H,5-6H2,1-4H3,(H,20,22)(H2,19,23,24). The molecule has 1 aliphatic rings. The molecule has 0 saturated heterocycles. The Morgan fingerprint density at radius 2 is 1.80 bits per heavy atom. The maximum atomic E-state index is 12.8. The number of aromatic nitrogens is 1. The van der Waals surface area contributed by atoms with Gasteiger partial charge >= 0.3 is 0 Å². The molecule has 25 heavy (non-hydrogen) atoms. The number of nitrogens with one attached hydrogen (secondary N) is 1. The van der Waals surface area contributed by atoms with Crippen LogP contribution in [0.25, 0.3) is 0 Å². The summed E-state index contributed by atoms with van der Waals surface area (Å²) in [5.74, 6) is -0.242. The molecular formula is C18H23N3O3S. The first kappa shape index (κ1) is 17.7. The number of primary sulfonamides is 1. The van der Waals surface area contributed by atoms with E-state index in [4.69, 9.17) is 5.14 Å². The predicted octanol–water partition coefficient (Wildman–Crippen LogP) is 2.96. The van der Waals surface area contributed by atoms with Gasteiger partial charge < -0.3 is 9.88 Å². The third kappa shape index (κ3) is 3.34.